The Balaban J connectivity index is 1.93. The van der Waals surface area contributed by atoms with Crippen LogP contribution in [0.5, 0.6) is 0 Å². The molecule has 3 N–H and O–H groups in total. The predicted octanol–water partition coefficient (Wildman–Crippen LogP) is 1.59. The number of amides is 1. The number of carbonyl (C=O) groups is 1. The van der Waals surface area contributed by atoms with E-state index in [9.17, 15) is 4.79 Å². The number of rotatable bonds is 3. The van der Waals surface area contributed by atoms with Crippen molar-refractivity contribution in [3.8, 4) is 0 Å². The van der Waals surface area contributed by atoms with E-state index in [0.29, 0.717) is 12.3 Å². The molecule has 2 heterocycles. The number of hydrogen-bond acceptors (Lipinski definition) is 4. The molecule has 1 aromatic carbocycles. The maximum absolute atomic E-state index is 11.3. The molecule has 0 atom stereocenters. The minimum atomic E-state index is -0.464. The van der Waals surface area contributed by atoms with Gasteiger partial charge in [-0.15, -0.1) is 0 Å². The minimum Gasteiger partial charge on any atom is -0.359 e. The molecule has 102 valence electrons. The molecule has 0 bridgehead atoms. The molecule has 3 aromatic rings. The lowest BCUT2D eigenvalue weighted by Crippen LogP contribution is -2.30. The van der Waals surface area contributed by atoms with Crippen LogP contribution in [0.4, 0.5) is 0 Å². The van der Waals surface area contributed by atoms with Gasteiger partial charge in [-0.05, 0) is 18.6 Å². The van der Waals surface area contributed by atoms with Crippen molar-refractivity contribution in [1.29, 1.82) is 0 Å². The zero-order chi connectivity index (χ0) is 14.1. The van der Waals surface area contributed by atoms with E-state index in [0.717, 1.165) is 5.52 Å². The number of hydrogen-bond donors (Lipinski definition) is 2. The number of fused-ring (bicyclic) bond motifs is 1. The van der Waals surface area contributed by atoms with Crippen LogP contribution >= 0.6 is 0 Å². The monoisotopic (exact) mass is 270 g/mol. The van der Waals surface area contributed by atoms with Crippen LogP contribution in [-0.4, -0.2) is 15.6 Å². The molecule has 0 saturated carbocycles. The second-order valence-corrected chi connectivity index (χ2v) is 4.61. The Morgan fingerprint density at radius 1 is 1.45 bits per heavy atom. The number of nitrogens with one attached hydrogen (secondary N) is 1. The molecule has 1 amide bonds. The summed E-state index contributed by atoms with van der Waals surface area (Å²) in [6.45, 7) is 2.58. The highest BCUT2D eigenvalue weighted by Gasteiger charge is 2.12. The molecule has 3 rings (SSSR count). The first kappa shape index (κ1) is 12.4. The van der Waals surface area contributed by atoms with Gasteiger partial charge < -0.3 is 9.09 Å². The fourth-order valence-corrected chi connectivity index (χ4v) is 2.30. The van der Waals surface area contributed by atoms with E-state index in [4.69, 9.17) is 10.4 Å². The van der Waals surface area contributed by atoms with E-state index in [1.54, 1.807) is 6.07 Å². The number of para-hydroxylation sites is 1. The largest absolute Gasteiger partial charge is 0.359 e. The Labute approximate surface area is 115 Å². The summed E-state index contributed by atoms with van der Waals surface area (Å²) < 4.78 is 7.23. The molecule has 0 unspecified atom stereocenters. The number of carbonyl (C=O) groups excluding carboxylic acids is 1. The van der Waals surface area contributed by atoms with E-state index in [2.05, 4.69) is 28.9 Å². The Bertz CT molecular complexity index is 772. The first-order valence-corrected chi connectivity index (χ1v) is 6.20. The number of nitrogens with zero attached hydrogens (tertiary/aromatic N) is 2. The van der Waals surface area contributed by atoms with Gasteiger partial charge in [-0.25, -0.2) is 5.84 Å². The van der Waals surface area contributed by atoms with Crippen molar-refractivity contribution in [2.45, 2.75) is 13.5 Å². The molecular weight excluding hydrogens is 256 g/mol. The lowest BCUT2D eigenvalue weighted by molar-refractivity contribution is 0.0944. The molecular formula is C14H14N4O2. The van der Waals surface area contributed by atoms with Gasteiger partial charge >= 0.3 is 0 Å². The number of aromatic nitrogens is 2. The molecule has 20 heavy (non-hydrogen) atoms. The first-order valence-electron chi connectivity index (χ1n) is 6.20. The van der Waals surface area contributed by atoms with Crippen LogP contribution in [0.3, 0.4) is 0 Å². The van der Waals surface area contributed by atoms with Crippen molar-refractivity contribution >= 4 is 16.8 Å². The quantitative estimate of drug-likeness (QED) is 0.430. The second-order valence-electron chi connectivity index (χ2n) is 4.61. The van der Waals surface area contributed by atoms with Crippen molar-refractivity contribution in [2.24, 2.45) is 5.84 Å². The third-order valence-corrected chi connectivity index (χ3v) is 3.24. The average Bonchev–Trinajstić information content (AvgIpc) is 3.05. The average molecular weight is 270 g/mol. The Kier molecular flexibility index (Phi) is 3.00. The van der Waals surface area contributed by atoms with Gasteiger partial charge in [0.1, 0.15) is 0 Å². The van der Waals surface area contributed by atoms with Crippen molar-refractivity contribution in [1.82, 2.24) is 15.1 Å². The van der Waals surface area contributed by atoms with Crippen LogP contribution < -0.4 is 11.3 Å². The van der Waals surface area contributed by atoms with E-state index < -0.39 is 5.91 Å². The summed E-state index contributed by atoms with van der Waals surface area (Å²) in [6, 6.07) is 9.72. The molecule has 0 aliphatic heterocycles. The molecule has 6 nitrogen and oxygen atoms in total. The van der Waals surface area contributed by atoms with Gasteiger partial charge in [0.05, 0.1) is 6.54 Å². The van der Waals surface area contributed by atoms with Gasteiger partial charge in [0.2, 0.25) is 0 Å². The summed E-state index contributed by atoms with van der Waals surface area (Å²) in [7, 11) is 0. The zero-order valence-corrected chi connectivity index (χ0v) is 11.0. The molecule has 0 aliphatic carbocycles. The first-order chi connectivity index (χ1) is 9.69. The highest BCUT2D eigenvalue weighted by molar-refractivity contribution is 5.91. The smallest absolute Gasteiger partial charge is 0.287 e. The molecule has 0 spiro atoms. The van der Waals surface area contributed by atoms with Crippen LogP contribution in [0, 0.1) is 6.92 Å². The van der Waals surface area contributed by atoms with Gasteiger partial charge in [-0.3, -0.25) is 10.2 Å². The van der Waals surface area contributed by atoms with E-state index >= 15 is 0 Å². The number of hydrazine groups is 1. The van der Waals surface area contributed by atoms with Crippen LogP contribution in [0.15, 0.2) is 41.1 Å². The number of nitrogens with two attached hydrogens (primary N) is 1. The molecule has 0 saturated heterocycles. The van der Waals surface area contributed by atoms with Crippen molar-refractivity contribution in [3.05, 3.63) is 53.5 Å². The van der Waals surface area contributed by atoms with Crippen molar-refractivity contribution in [2.75, 3.05) is 0 Å². The zero-order valence-electron chi connectivity index (χ0n) is 11.0. The second kappa shape index (κ2) is 4.82. The normalized spacial score (nSPS) is 10.9. The maximum Gasteiger partial charge on any atom is 0.287 e. The Hall–Kier alpha value is -2.60. The molecule has 0 fully saturated rings. The van der Waals surface area contributed by atoms with E-state index in [-0.39, 0.29) is 5.69 Å². The SMILES string of the molecule is Cc1cn(Cc2cc(C(=O)NN)no2)c2ccccc12. The van der Waals surface area contributed by atoms with Crippen LogP contribution in [0.2, 0.25) is 0 Å². The standard InChI is InChI=1S/C14H14N4O2/c1-9-7-18(13-5-3-2-4-11(9)13)8-10-6-12(17-20-10)14(19)16-15/h2-7H,8,15H2,1H3,(H,16,19). The minimum absolute atomic E-state index is 0.177. The highest BCUT2D eigenvalue weighted by atomic mass is 16.5. The number of aryl methyl sites for hydroxylation is 1. The fraction of sp³-hybridized carbons (Fsp3) is 0.143. The number of nitrogen functional groups attached to an aromatic ring is 1. The topological polar surface area (TPSA) is 86.1 Å². The van der Waals surface area contributed by atoms with Gasteiger partial charge in [-0.1, -0.05) is 23.4 Å². The molecule has 0 aliphatic rings. The van der Waals surface area contributed by atoms with Crippen LogP contribution in [0.25, 0.3) is 10.9 Å². The predicted molar refractivity (Wildman–Crippen MR) is 73.9 cm³/mol. The summed E-state index contributed by atoms with van der Waals surface area (Å²) in [4.78, 5) is 11.3. The molecule has 2 aromatic heterocycles. The Morgan fingerprint density at radius 2 is 2.25 bits per heavy atom. The number of benzene rings is 1. The summed E-state index contributed by atoms with van der Waals surface area (Å²) >= 11 is 0. The van der Waals surface area contributed by atoms with Crippen LogP contribution in [-0.2, 0) is 6.54 Å². The maximum atomic E-state index is 11.3. The van der Waals surface area contributed by atoms with Gasteiger partial charge in [-0.2, -0.15) is 0 Å². The lowest BCUT2D eigenvalue weighted by atomic mass is 10.2. The third kappa shape index (κ3) is 2.06. The summed E-state index contributed by atoms with van der Waals surface area (Å²) in [5.41, 5.74) is 4.51. The fourth-order valence-electron chi connectivity index (χ4n) is 2.30. The highest BCUT2D eigenvalue weighted by Crippen LogP contribution is 2.21. The molecule has 0 radical (unpaired) electrons. The van der Waals surface area contributed by atoms with Crippen LogP contribution in [0.1, 0.15) is 21.8 Å². The summed E-state index contributed by atoms with van der Waals surface area (Å²) in [6.07, 6.45) is 2.05. The van der Waals surface area contributed by atoms with Gasteiger partial charge in [0.15, 0.2) is 11.5 Å². The Morgan fingerprint density at radius 3 is 3.05 bits per heavy atom. The summed E-state index contributed by atoms with van der Waals surface area (Å²) in [5, 5.41) is 4.89. The van der Waals surface area contributed by atoms with Gasteiger partial charge in [0, 0.05) is 23.2 Å². The van der Waals surface area contributed by atoms with Crippen molar-refractivity contribution in [3.63, 3.8) is 0 Å². The van der Waals surface area contributed by atoms with E-state index in [1.165, 1.54) is 10.9 Å². The lowest BCUT2D eigenvalue weighted by Gasteiger charge is -2.01. The van der Waals surface area contributed by atoms with E-state index in [1.807, 2.05) is 23.6 Å². The summed E-state index contributed by atoms with van der Waals surface area (Å²) in [5.74, 6) is 5.19. The van der Waals surface area contributed by atoms with Gasteiger partial charge in [0.25, 0.3) is 5.91 Å². The van der Waals surface area contributed by atoms with Crippen molar-refractivity contribution < 1.29 is 9.32 Å². The molecule has 6 heteroatoms. The third-order valence-electron chi connectivity index (χ3n) is 3.24.